The molecule has 0 aliphatic heterocycles. The van der Waals surface area contributed by atoms with Gasteiger partial charge >= 0.3 is 0 Å². The standard InChI is InChI=1S/C12H22N4O/c1-4-5-16-9-15-7-10(16)6-14-8-12(2,3)11(13)17/h7,9,14H,4-6,8H2,1-3H3,(H2,13,17). The van der Waals surface area contributed by atoms with Gasteiger partial charge in [-0.05, 0) is 20.3 Å². The van der Waals surface area contributed by atoms with Crippen molar-refractivity contribution in [2.24, 2.45) is 11.1 Å². The predicted molar refractivity (Wildman–Crippen MR) is 67.2 cm³/mol. The fourth-order valence-electron chi connectivity index (χ4n) is 1.53. The molecule has 1 amide bonds. The van der Waals surface area contributed by atoms with Gasteiger partial charge in [0.1, 0.15) is 0 Å². The first-order chi connectivity index (χ1) is 7.97. The lowest BCUT2D eigenvalue weighted by Gasteiger charge is -2.20. The van der Waals surface area contributed by atoms with E-state index in [1.807, 2.05) is 26.4 Å². The molecule has 3 N–H and O–H groups in total. The van der Waals surface area contributed by atoms with E-state index in [9.17, 15) is 4.79 Å². The number of amides is 1. The Balaban J connectivity index is 2.45. The number of hydrogen-bond acceptors (Lipinski definition) is 3. The summed E-state index contributed by atoms with van der Waals surface area (Å²) in [5, 5.41) is 3.25. The smallest absolute Gasteiger partial charge is 0.224 e. The zero-order chi connectivity index (χ0) is 12.9. The van der Waals surface area contributed by atoms with Crippen LogP contribution < -0.4 is 11.1 Å². The molecular weight excluding hydrogens is 216 g/mol. The molecular formula is C12H22N4O. The molecule has 5 nitrogen and oxygen atoms in total. The molecule has 0 aliphatic rings. The highest BCUT2D eigenvalue weighted by atomic mass is 16.1. The highest BCUT2D eigenvalue weighted by Gasteiger charge is 2.24. The van der Waals surface area contributed by atoms with Gasteiger partial charge in [0.15, 0.2) is 0 Å². The van der Waals surface area contributed by atoms with Crippen LogP contribution in [0.5, 0.6) is 0 Å². The van der Waals surface area contributed by atoms with Gasteiger partial charge in [-0.3, -0.25) is 4.79 Å². The molecule has 0 atom stereocenters. The highest BCUT2D eigenvalue weighted by molar-refractivity contribution is 5.80. The number of aryl methyl sites for hydroxylation is 1. The normalized spacial score (nSPS) is 11.7. The number of nitrogens with one attached hydrogen (secondary N) is 1. The molecule has 5 heteroatoms. The Bertz CT molecular complexity index is 370. The molecule has 0 bridgehead atoms. The number of hydrogen-bond donors (Lipinski definition) is 2. The van der Waals surface area contributed by atoms with Gasteiger partial charge in [0.25, 0.3) is 0 Å². The van der Waals surface area contributed by atoms with Crippen LogP contribution in [0, 0.1) is 5.41 Å². The Labute approximate surface area is 102 Å². The van der Waals surface area contributed by atoms with Gasteiger partial charge in [-0.2, -0.15) is 0 Å². The Morgan fingerprint density at radius 3 is 2.88 bits per heavy atom. The first-order valence-electron chi connectivity index (χ1n) is 5.97. The summed E-state index contributed by atoms with van der Waals surface area (Å²) in [6.45, 7) is 8.05. The van der Waals surface area contributed by atoms with Crippen LogP contribution in [0.4, 0.5) is 0 Å². The summed E-state index contributed by atoms with van der Waals surface area (Å²) in [4.78, 5) is 15.3. The zero-order valence-corrected chi connectivity index (χ0v) is 10.9. The van der Waals surface area contributed by atoms with Crippen molar-refractivity contribution in [2.45, 2.75) is 40.3 Å². The van der Waals surface area contributed by atoms with Crippen molar-refractivity contribution in [3.63, 3.8) is 0 Å². The van der Waals surface area contributed by atoms with E-state index in [-0.39, 0.29) is 5.91 Å². The minimum absolute atomic E-state index is 0.285. The lowest BCUT2D eigenvalue weighted by atomic mass is 9.93. The first kappa shape index (κ1) is 13.7. The largest absolute Gasteiger partial charge is 0.369 e. The SMILES string of the molecule is CCCn1cncc1CNCC(C)(C)C(N)=O. The fourth-order valence-corrected chi connectivity index (χ4v) is 1.53. The monoisotopic (exact) mass is 238 g/mol. The zero-order valence-electron chi connectivity index (χ0n) is 10.9. The van der Waals surface area contributed by atoms with E-state index in [4.69, 9.17) is 5.73 Å². The number of carbonyl (C=O) groups excluding carboxylic acids is 1. The predicted octanol–water partition coefficient (Wildman–Crippen LogP) is 0.894. The van der Waals surface area contributed by atoms with E-state index in [0.717, 1.165) is 18.7 Å². The van der Waals surface area contributed by atoms with Crippen molar-refractivity contribution in [3.05, 3.63) is 18.2 Å². The minimum Gasteiger partial charge on any atom is -0.369 e. The Kier molecular flexibility index (Phi) is 4.69. The lowest BCUT2D eigenvalue weighted by molar-refractivity contribution is -0.125. The maximum absolute atomic E-state index is 11.1. The Hall–Kier alpha value is -1.36. The molecule has 0 saturated heterocycles. The van der Waals surface area contributed by atoms with E-state index in [1.54, 1.807) is 0 Å². The van der Waals surface area contributed by atoms with E-state index in [1.165, 1.54) is 0 Å². The molecule has 0 unspecified atom stereocenters. The molecule has 1 heterocycles. The van der Waals surface area contributed by atoms with Gasteiger partial charge in [0.05, 0.1) is 17.4 Å². The number of carbonyl (C=O) groups is 1. The lowest BCUT2D eigenvalue weighted by Crippen LogP contribution is -2.40. The minimum atomic E-state index is -0.518. The second kappa shape index (κ2) is 5.82. The van der Waals surface area contributed by atoms with E-state index < -0.39 is 5.41 Å². The topological polar surface area (TPSA) is 72.9 Å². The number of nitrogens with zero attached hydrogens (tertiary/aromatic N) is 2. The van der Waals surface area contributed by atoms with Crippen LogP contribution in [0.15, 0.2) is 12.5 Å². The van der Waals surface area contributed by atoms with Crippen LogP contribution in [0.25, 0.3) is 0 Å². The van der Waals surface area contributed by atoms with Crippen molar-refractivity contribution >= 4 is 5.91 Å². The Morgan fingerprint density at radius 2 is 2.29 bits per heavy atom. The average Bonchev–Trinajstić information content (AvgIpc) is 2.66. The molecule has 96 valence electrons. The van der Waals surface area contributed by atoms with Crippen LogP contribution in [-0.4, -0.2) is 22.0 Å². The van der Waals surface area contributed by atoms with Crippen molar-refractivity contribution in [1.82, 2.24) is 14.9 Å². The summed E-state index contributed by atoms with van der Waals surface area (Å²) in [5.41, 5.74) is 5.92. The molecule has 0 radical (unpaired) electrons. The van der Waals surface area contributed by atoms with Crippen LogP contribution in [0.2, 0.25) is 0 Å². The van der Waals surface area contributed by atoms with Gasteiger partial charge in [0, 0.05) is 25.8 Å². The second-order valence-electron chi connectivity index (χ2n) is 4.93. The number of aromatic nitrogens is 2. The number of primary amides is 1. The third kappa shape index (κ3) is 3.85. The summed E-state index contributed by atoms with van der Waals surface area (Å²) in [6.07, 6.45) is 4.76. The Morgan fingerprint density at radius 1 is 1.59 bits per heavy atom. The summed E-state index contributed by atoms with van der Waals surface area (Å²) >= 11 is 0. The maximum atomic E-state index is 11.1. The van der Waals surface area contributed by atoms with Crippen LogP contribution in [0.3, 0.4) is 0 Å². The summed E-state index contributed by atoms with van der Waals surface area (Å²) in [6, 6.07) is 0. The van der Waals surface area contributed by atoms with Gasteiger partial charge in [-0.15, -0.1) is 0 Å². The number of imidazole rings is 1. The van der Waals surface area contributed by atoms with Crippen LogP contribution in [0.1, 0.15) is 32.9 Å². The molecule has 1 aromatic rings. The van der Waals surface area contributed by atoms with Crippen LogP contribution >= 0.6 is 0 Å². The fraction of sp³-hybridized carbons (Fsp3) is 0.667. The third-order valence-electron chi connectivity index (χ3n) is 2.80. The average molecular weight is 238 g/mol. The number of rotatable bonds is 7. The van der Waals surface area contributed by atoms with Gasteiger partial charge < -0.3 is 15.6 Å². The van der Waals surface area contributed by atoms with Gasteiger partial charge in [-0.25, -0.2) is 4.98 Å². The quantitative estimate of drug-likeness (QED) is 0.741. The molecule has 17 heavy (non-hydrogen) atoms. The van der Waals surface area contributed by atoms with Gasteiger partial charge in [0.2, 0.25) is 5.91 Å². The number of nitrogens with two attached hydrogens (primary N) is 1. The van der Waals surface area contributed by atoms with Crippen molar-refractivity contribution < 1.29 is 4.79 Å². The maximum Gasteiger partial charge on any atom is 0.224 e. The molecule has 1 aromatic heterocycles. The summed E-state index contributed by atoms with van der Waals surface area (Å²) in [7, 11) is 0. The molecule has 0 aliphatic carbocycles. The summed E-state index contributed by atoms with van der Waals surface area (Å²) in [5.74, 6) is -0.285. The van der Waals surface area contributed by atoms with Gasteiger partial charge in [-0.1, -0.05) is 6.92 Å². The first-order valence-corrected chi connectivity index (χ1v) is 5.97. The van der Waals surface area contributed by atoms with E-state index in [2.05, 4.69) is 21.8 Å². The van der Waals surface area contributed by atoms with Crippen molar-refractivity contribution in [2.75, 3.05) is 6.54 Å². The van der Waals surface area contributed by atoms with E-state index >= 15 is 0 Å². The van der Waals surface area contributed by atoms with Crippen molar-refractivity contribution in [3.8, 4) is 0 Å². The highest BCUT2D eigenvalue weighted by Crippen LogP contribution is 2.12. The molecule has 0 saturated carbocycles. The molecule has 0 aromatic carbocycles. The second-order valence-corrected chi connectivity index (χ2v) is 4.93. The molecule has 0 spiro atoms. The summed E-state index contributed by atoms with van der Waals surface area (Å²) < 4.78 is 2.12. The third-order valence-corrected chi connectivity index (χ3v) is 2.80. The molecule has 0 fully saturated rings. The van der Waals surface area contributed by atoms with Crippen LogP contribution in [-0.2, 0) is 17.9 Å². The van der Waals surface area contributed by atoms with E-state index in [0.29, 0.717) is 13.1 Å². The molecule has 1 rings (SSSR count). The van der Waals surface area contributed by atoms with Crippen molar-refractivity contribution in [1.29, 1.82) is 0 Å².